The SMILES string of the molecule is CSc1ccc(N(C)c2cc(C)c(N)cn2)cc1. The lowest BCUT2D eigenvalue weighted by Gasteiger charge is -2.19. The quantitative estimate of drug-likeness (QED) is 0.857. The van der Waals surface area contributed by atoms with E-state index in [4.69, 9.17) is 5.73 Å². The van der Waals surface area contributed by atoms with Crippen LogP contribution in [-0.2, 0) is 0 Å². The maximum atomic E-state index is 5.78. The van der Waals surface area contributed by atoms with Crippen molar-refractivity contribution in [1.82, 2.24) is 4.98 Å². The molecule has 2 N–H and O–H groups in total. The standard InChI is InChI=1S/C14H17N3S/c1-10-8-14(16-9-13(10)15)17(2)11-4-6-12(18-3)7-5-11/h4-9H,15H2,1-3H3. The van der Waals surface area contributed by atoms with Gasteiger partial charge in [-0.3, -0.25) is 0 Å². The van der Waals surface area contributed by atoms with Crippen LogP contribution in [0.1, 0.15) is 5.56 Å². The molecule has 0 spiro atoms. The van der Waals surface area contributed by atoms with Crippen LogP contribution in [0.15, 0.2) is 41.4 Å². The van der Waals surface area contributed by atoms with Gasteiger partial charge in [-0.05, 0) is 49.1 Å². The molecule has 2 rings (SSSR count). The highest BCUT2D eigenvalue weighted by Gasteiger charge is 2.06. The van der Waals surface area contributed by atoms with Crippen LogP contribution >= 0.6 is 11.8 Å². The van der Waals surface area contributed by atoms with Gasteiger partial charge in [0.05, 0.1) is 11.9 Å². The third-order valence-corrected chi connectivity index (χ3v) is 3.68. The Labute approximate surface area is 112 Å². The number of hydrogen-bond donors (Lipinski definition) is 1. The van der Waals surface area contributed by atoms with Crippen molar-refractivity contribution in [3.05, 3.63) is 42.1 Å². The summed E-state index contributed by atoms with van der Waals surface area (Å²) in [5.41, 5.74) is 8.67. The lowest BCUT2D eigenvalue weighted by molar-refractivity contribution is 1.12. The Morgan fingerprint density at radius 3 is 2.44 bits per heavy atom. The highest BCUT2D eigenvalue weighted by molar-refractivity contribution is 7.98. The van der Waals surface area contributed by atoms with Crippen molar-refractivity contribution in [2.24, 2.45) is 0 Å². The van der Waals surface area contributed by atoms with Gasteiger partial charge in [-0.2, -0.15) is 0 Å². The number of rotatable bonds is 3. The minimum atomic E-state index is 0.727. The molecule has 0 aliphatic carbocycles. The number of aryl methyl sites for hydroxylation is 1. The van der Waals surface area contributed by atoms with E-state index in [1.807, 2.05) is 20.0 Å². The highest BCUT2D eigenvalue weighted by atomic mass is 32.2. The van der Waals surface area contributed by atoms with Crippen LogP contribution in [0.5, 0.6) is 0 Å². The summed E-state index contributed by atoms with van der Waals surface area (Å²) in [4.78, 5) is 7.66. The first kappa shape index (κ1) is 12.8. The number of pyridine rings is 1. The largest absolute Gasteiger partial charge is 0.397 e. The Kier molecular flexibility index (Phi) is 3.77. The molecule has 2 aromatic rings. The molecule has 0 unspecified atom stereocenters. The van der Waals surface area contributed by atoms with Crippen LogP contribution in [0.2, 0.25) is 0 Å². The molecule has 1 aromatic heterocycles. The van der Waals surface area contributed by atoms with E-state index in [1.54, 1.807) is 18.0 Å². The molecule has 0 saturated carbocycles. The zero-order valence-corrected chi connectivity index (χ0v) is 11.7. The first-order valence-electron chi connectivity index (χ1n) is 5.71. The summed E-state index contributed by atoms with van der Waals surface area (Å²) in [6, 6.07) is 10.4. The number of hydrogen-bond acceptors (Lipinski definition) is 4. The molecule has 0 saturated heterocycles. The van der Waals surface area contributed by atoms with Gasteiger partial charge < -0.3 is 10.6 Å². The van der Waals surface area contributed by atoms with E-state index in [1.165, 1.54) is 4.90 Å². The second-order valence-electron chi connectivity index (χ2n) is 4.16. The van der Waals surface area contributed by atoms with Gasteiger partial charge in [-0.25, -0.2) is 4.98 Å². The van der Waals surface area contributed by atoms with Crippen LogP contribution in [0.4, 0.5) is 17.2 Å². The second kappa shape index (κ2) is 5.31. The molecular weight excluding hydrogens is 242 g/mol. The van der Waals surface area contributed by atoms with Crippen molar-refractivity contribution in [3.8, 4) is 0 Å². The van der Waals surface area contributed by atoms with Gasteiger partial charge in [0.1, 0.15) is 5.82 Å². The molecule has 3 nitrogen and oxygen atoms in total. The Morgan fingerprint density at radius 2 is 1.89 bits per heavy atom. The molecule has 0 amide bonds. The van der Waals surface area contributed by atoms with Crippen molar-refractivity contribution < 1.29 is 0 Å². The van der Waals surface area contributed by atoms with Crippen molar-refractivity contribution >= 4 is 29.0 Å². The molecule has 4 heteroatoms. The van der Waals surface area contributed by atoms with Gasteiger partial charge in [0, 0.05) is 17.6 Å². The summed E-state index contributed by atoms with van der Waals surface area (Å²) in [7, 11) is 2.01. The van der Waals surface area contributed by atoms with Gasteiger partial charge in [0.2, 0.25) is 0 Å². The number of thioether (sulfide) groups is 1. The van der Waals surface area contributed by atoms with Gasteiger partial charge in [0.15, 0.2) is 0 Å². The van der Waals surface area contributed by atoms with Crippen LogP contribution in [0.25, 0.3) is 0 Å². The van der Waals surface area contributed by atoms with Gasteiger partial charge in [-0.1, -0.05) is 0 Å². The molecule has 0 radical (unpaired) electrons. The fraction of sp³-hybridized carbons (Fsp3) is 0.214. The molecule has 1 aromatic carbocycles. The molecule has 0 atom stereocenters. The highest BCUT2D eigenvalue weighted by Crippen LogP contribution is 2.25. The van der Waals surface area contributed by atoms with E-state index in [0.29, 0.717) is 0 Å². The molecule has 0 fully saturated rings. The number of benzene rings is 1. The first-order chi connectivity index (χ1) is 8.61. The monoisotopic (exact) mass is 259 g/mol. The number of anilines is 3. The van der Waals surface area contributed by atoms with Crippen molar-refractivity contribution in [2.45, 2.75) is 11.8 Å². The molecule has 1 heterocycles. The van der Waals surface area contributed by atoms with E-state index in [9.17, 15) is 0 Å². The van der Waals surface area contributed by atoms with Crippen molar-refractivity contribution in [2.75, 3.05) is 23.9 Å². The molecule has 0 bridgehead atoms. The lowest BCUT2D eigenvalue weighted by atomic mass is 10.2. The van der Waals surface area contributed by atoms with Crippen molar-refractivity contribution in [3.63, 3.8) is 0 Å². The van der Waals surface area contributed by atoms with E-state index in [-0.39, 0.29) is 0 Å². The summed E-state index contributed by atoms with van der Waals surface area (Å²) < 4.78 is 0. The van der Waals surface area contributed by atoms with Crippen LogP contribution < -0.4 is 10.6 Å². The average Bonchev–Trinajstić information content (AvgIpc) is 2.41. The number of nitrogens with zero attached hydrogens (tertiary/aromatic N) is 2. The van der Waals surface area contributed by atoms with Crippen molar-refractivity contribution in [1.29, 1.82) is 0 Å². The van der Waals surface area contributed by atoms with Gasteiger partial charge in [0.25, 0.3) is 0 Å². The zero-order chi connectivity index (χ0) is 13.1. The van der Waals surface area contributed by atoms with Gasteiger partial charge >= 0.3 is 0 Å². The predicted octanol–water partition coefficient (Wildman–Crippen LogP) is 3.46. The summed E-state index contributed by atoms with van der Waals surface area (Å²) in [6.45, 7) is 1.99. The second-order valence-corrected chi connectivity index (χ2v) is 5.04. The first-order valence-corrected chi connectivity index (χ1v) is 6.94. The van der Waals surface area contributed by atoms with E-state index >= 15 is 0 Å². The molecular formula is C14H17N3S. The van der Waals surface area contributed by atoms with E-state index < -0.39 is 0 Å². The van der Waals surface area contributed by atoms with E-state index in [2.05, 4.69) is 40.4 Å². The van der Waals surface area contributed by atoms with Crippen LogP contribution in [-0.4, -0.2) is 18.3 Å². The predicted molar refractivity (Wildman–Crippen MR) is 79.7 cm³/mol. The summed E-state index contributed by atoms with van der Waals surface area (Å²) >= 11 is 1.74. The molecule has 0 aliphatic rings. The third-order valence-electron chi connectivity index (χ3n) is 2.94. The normalized spacial score (nSPS) is 10.4. The lowest BCUT2D eigenvalue weighted by Crippen LogP contribution is -2.11. The summed E-state index contributed by atoms with van der Waals surface area (Å²) in [5, 5.41) is 0. The average molecular weight is 259 g/mol. The van der Waals surface area contributed by atoms with Crippen LogP contribution in [0.3, 0.4) is 0 Å². The minimum Gasteiger partial charge on any atom is -0.397 e. The Balaban J connectivity index is 2.28. The third kappa shape index (κ3) is 2.59. The summed E-state index contributed by atoms with van der Waals surface area (Å²) in [5.74, 6) is 0.901. The summed E-state index contributed by atoms with van der Waals surface area (Å²) in [6.07, 6.45) is 3.78. The number of aromatic nitrogens is 1. The maximum Gasteiger partial charge on any atom is 0.133 e. The van der Waals surface area contributed by atoms with E-state index in [0.717, 1.165) is 22.8 Å². The maximum absolute atomic E-state index is 5.78. The Bertz CT molecular complexity index is 537. The topological polar surface area (TPSA) is 42.1 Å². The van der Waals surface area contributed by atoms with Gasteiger partial charge in [-0.15, -0.1) is 11.8 Å². The fourth-order valence-electron chi connectivity index (χ4n) is 1.67. The molecule has 18 heavy (non-hydrogen) atoms. The smallest absolute Gasteiger partial charge is 0.133 e. The van der Waals surface area contributed by atoms with Crippen LogP contribution in [0, 0.1) is 6.92 Å². The Morgan fingerprint density at radius 1 is 1.22 bits per heavy atom. The molecule has 0 aliphatic heterocycles. The zero-order valence-electron chi connectivity index (χ0n) is 10.8. The molecule has 94 valence electrons. The Hall–Kier alpha value is -1.68. The number of nitrogen functional groups attached to an aromatic ring is 1. The number of nitrogens with two attached hydrogens (primary N) is 1. The fourth-order valence-corrected chi connectivity index (χ4v) is 2.08. The minimum absolute atomic E-state index is 0.727.